The van der Waals surface area contributed by atoms with E-state index in [2.05, 4.69) is 24.1 Å². The molecule has 0 bridgehead atoms. The van der Waals surface area contributed by atoms with Gasteiger partial charge in [-0.1, -0.05) is 19.3 Å². The maximum absolute atomic E-state index is 12.9. The molecule has 2 aliphatic rings. The number of hydrogen-bond donors (Lipinski definition) is 1. The number of piperidine rings is 1. The highest BCUT2D eigenvalue weighted by Gasteiger charge is 2.34. The molecule has 1 heterocycles. The van der Waals surface area contributed by atoms with Gasteiger partial charge >= 0.3 is 6.03 Å². The first kappa shape index (κ1) is 15.6. The molecule has 1 saturated carbocycles. The molecule has 2 amide bonds. The highest BCUT2D eigenvalue weighted by atomic mass is 16.2. The van der Waals surface area contributed by atoms with Crippen molar-refractivity contribution in [2.24, 2.45) is 0 Å². The Morgan fingerprint density at radius 3 is 2.10 bits per heavy atom. The van der Waals surface area contributed by atoms with Crippen LogP contribution in [-0.2, 0) is 0 Å². The van der Waals surface area contributed by atoms with Crippen molar-refractivity contribution in [2.75, 3.05) is 20.1 Å². The minimum absolute atomic E-state index is 0.249. The summed E-state index contributed by atoms with van der Waals surface area (Å²) >= 11 is 0. The lowest BCUT2D eigenvalue weighted by molar-refractivity contribution is 0.0807. The van der Waals surface area contributed by atoms with E-state index in [1.54, 1.807) is 0 Å². The third-order valence-electron chi connectivity index (χ3n) is 4.97. The zero-order valence-corrected chi connectivity index (χ0v) is 13.4. The fourth-order valence-corrected chi connectivity index (χ4v) is 3.46. The van der Waals surface area contributed by atoms with E-state index in [-0.39, 0.29) is 12.1 Å². The summed E-state index contributed by atoms with van der Waals surface area (Å²) in [5.41, 5.74) is 0. The van der Waals surface area contributed by atoms with Gasteiger partial charge in [0.05, 0.1) is 0 Å². The van der Waals surface area contributed by atoms with Gasteiger partial charge in [-0.15, -0.1) is 0 Å². The van der Waals surface area contributed by atoms with Gasteiger partial charge in [0.1, 0.15) is 0 Å². The van der Waals surface area contributed by atoms with Crippen LogP contribution in [0.1, 0.15) is 58.8 Å². The Morgan fingerprint density at radius 1 is 1.00 bits per heavy atom. The van der Waals surface area contributed by atoms with Gasteiger partial charge in [-0.05, 0) is 52.6 Å². The van der Waals surface area contributed by atoms with E-state index in [4.69, 9.17) is 0 Å². The van der Waals surface area contributed by atoms with Crippen LogP contribution < -0.4 is 5.32 Å². The van der Waals surface area contributed by atoms with E-state index in [1.807, 2.05) is 11.9 Å². The quantitative estimate of drug-likeness (QED) is 0.863. The second-order valence-electron chi connectivity index (χ2n) is 6.67. The molecule has 1 saturated heterocycles. The van der Waals surface area contributed by atoms with Gasteiger partial charge in [0.15, 0.2) is 0 Å². The molecule has 116 valence electrons. The van der Waals surface area contributed by atoms with Crippen molar-refractivity contribution in [1.82, 2.24) is 15.1 Å². The third kappa shape index (κ3) is 3.66. The summed E-state index contributed by atoms with van der Waals surface area (Å²) in [5, 5.41) is 3.41. The van der Waals surface area contributed by atoms with Gasteiger partial charge in [0, 0.05) is 25.2 Å². The number of carbonyl (C=O) groups is 1. The molecule has 2 rings (SSSR count). The molecule has 0 unspecified atom stereocenters. The molecule has 0 atom stereocenters. The Kier molecular flexibility index (Phi) is 5.70. The van der Waals surface area contributed by atoms with Crippen molar-refractivity contribution in [3.8, 4) is 0 Å². The molecule has 1 aliphatic heterocycles. The van der Waals surface area contributed by atoms with E-state index in [0.717, 1.165) is 25.9 Å². The molecule has 0 aromatic rings. The average molecular weight is 281 g/mol. The molecule has 0 aromatic heterocycles. The second kappa shape index (κ2) is 7.30. The molecule has 4 heteroatoms. The van der Waals surface area contributed by atoms with Gasteiger partial charge in [-0.3, -0.25) is 0 Å². The predicted octanol–water partition coefficient (Wildman–Crippen LogP) is 2.83. The molecule has 4 nitrogen and oxygen atoms in total. The van der Waals surface area contributed by atoms with Crippen LogP contribution in [0.2, 0.25) is 0 Å². The summed E-state index contributed by atoms with van der Waals surface area (Å²) in [5.74, 6) is 0. The largest absolute Gasteiger partial charge is 0.325 e. The summed E-state index contributed by atoms with van der Waals surface area (Å²) in [4.78, 5) is 17.1. The van der Waals surface area contributed by atoms with E-state index in [9.17, 15) is 4.79 Å². The van der Waals surface area contributed by atoms with Gasteiger partial charge in [0.25, 0.3) is 0 Å². The van der Waals surface area contributed by atoms with Crippen LogP contribution in [0.4, 0.5) is 4.79 Å². The summed E-state index contributed by atoms with van der Waals surface area (Å²) in [6.07, 6.45) is 8.51. The number of carbonyl (C=O) groups excluding carboxylic acids is 1. The van der Waals surface area contributed by atoms with Crippen molar-refractivity contribution < 1.29 is 4.79 Å². The first-order valence-corrected chi connectivity index (χ1v) is 8.37. The van der Waals surface area contributed by atoms with Gasteiger partial charge < -0.3 is 15.1 Å². The van der Waals surface area contributed by atoms with Crippen LogP contribution in [0.3, 0.4) is 0 Å². The minimum Gasteiger partial charge on any atom is -0.325 e. The van der Waals surface area contributed by atoms with Crippen molar-refractivity contribution in [2.45, 2.75) is 76.9 Å². The molecule has 0 radical (unpaired) electrons. The van der Waals surface area contributed by atoms with Gasteiger partial charge in [-0.25, -0.2) is 4.79 Å². The second-order valence-corrected chi connectivity index (χ2v) is 6.67. The number of urea groups is 1. The van der Waals surface area contributed by atoms with Crippen LogP contribution in [0.15, 0.2) is 0 Å². The third-order valence-corrected chi connectivity index (χ3v) is 4.97. The lowest BCUT2D eigenvalue weighted by atomic mass is 9.91. The molecular formula is C16H31N3O. The highest BCUT2D eigenvalue weighted by molar-refractivity contribution is 5.75. The summed E-state index contributed by atoms with van der Waals surface area (Å²) in [7, 11) is 1.95. The standard InChI is InChI=1S/C16H31N3O/c1-13(2)18(3)16(20)19(14-7-5-4-6-8-14)15-9-11-17-12-10-15/h13-15,17H,4-12H2,1-3H3. The van der Waals surface area contributed by atoms with E-state index < -0.39 is 0 Å². The van der Waals surface area contributed by atoms with Crippen LogP contribution in [0.5, 0.6) is 0 Å². The smallest absolute Gasteiger partial charge is 0.320 e. The highest BCUT2D eigenvalue weighted by Crippen LogP contribution is 2.28. The summed E-state index contributed by atoms with van der Waals surface area (Å²) < 4.78 is 0. The molecule has 1 N–H and O–H groups in total. The monoisotopic (exact) mass is 281 g/mol. The predicted molar refractivity (Wildman–Crippen MR) is 82.9 cm³/mol. The minimum atomic E-state index is 0.249. The van der Waals surface area contributed by atoms with Crippen molar-refractivity contribution in [3.63, 3.8) is 0 Å². The van der Waals surface area contributed by atoms with Crippen molar-refractivity contribution in [1.29, 1.82) is 0 Å². The zero-order chi connectivity index (χ0) is 14.5. The SMILES string of the molecule is CC(C)N(C)C(=O)N(C1CCCCC1)C1CCNCC1. The Bertz CT molecular complexity index is 289. The molecular weight excluding hydrogens is 250 g/mol. The fraction of sp³-hybridized carbons (Fsp3) is 0.938. The van der Waals surface area contributed by atoms with Crippen molar-refractivity contribution >= 4 is 6.03 Å². The number of nitrogens with one attached hydrogen (secondary N) is 1. The summed E-state index contributed by atoms with van der Waals surface area (Å²) in [6, 6.07) is 1.43. The molecule has 0 spiro atoms. The maximum Gasteiger partial charge on any atom is 0.320 e. The van der Waals surface area contributed by atoms with Crippen LogP contribution in [0.25, 0.3) is 0 Å². The number of hydrogen-bond acceptors (Lipinski definition) is 2. The normalized spacial score (nSPS) is 22.0. The average Bonchev–Trinajstić information content (AvgIpc) is 2.48. The lowest BCUT2D eigenvalue weighted by Gasteiger charge is -2.44. The number of rotatable bonds is 3. The first-order chi connectivity index (χ1) is 9.61. The Hall–Kier alpha value is -0.770. The first-order valence-electron chi connectivity index (χ1n) is 8.37. The fourth-order valence-electron chi connectivity index (χ4n) is 3.46. The zero-order valence-electron chi connectivity index (χ0n) is 13.4. The topological polar surface area (TPSA) is 35.6 Å². The van der Waals surface area contributed by atoms with E-state index >= 15 is 0 Å². The number of amides is 2. The lowest BCUT2D eigenvalue weighted by Crippen LogP contribution is -2.56. The van der Waals surface area contributed by atoms with E-state index in [1.165, 1.54) is 32.1 Å². The Labute approximate surface area is 123 Å². The Morgan fingerprint density at radius 2 is 1.55 bits per heavy atom. The Balaban J connectivity index is 2.11. The molecule has 2 fully saturated rings. The van der Waals surface area contributed by atoms with Crippen LogP contribution in [0, 0.1) is 0 Å². The van der Waals surface area contributed by atoms with Crippen LogP contribution >= 0.6 is 0 Å². The maximum atomic E-state index is 12.9. The van der Waals surface area contributed by atoms with E-state index in [0.29, 0.717) is 12.1 Å². The van der Waals surface area contributed by atoms with Gasteiger partial charge in [-0.2, -0.15) is 0 Å². The molecule has 20 heavy (non-hydrogen) atoms. The number of nitrogens with zero attached hydrogens (tertiary/aromatic N) is 2. The molecule has 0 aromatic carbocycles. The van der Waals surface area contributed by atoms with Gasteiger partial charge in [0.2, 0.25) is 0 Å². The summed E-state index contributed by atoms with van der Waals surface area (Å²) in [6.45, 7) is 6.29. The molecule has 1 aliphatic carbocycles. The van der Waals surface area contributed by atoms with Crippen molar-refractivity contribution in [3.05, 3.63) is 0 Å². The van der Waals surface area contributed by atoms with Crippen LogP contribution in [-0.4, -0.2) is 54.1 Å².